The van der Waals surface area contributed by atoms with Crippen LogP contribution >= 0.6 is 0 Å². The Morgan fingerprint density at radius 1 is 1.37 bits per heavy atom. The van der Waals surface area contributed by atoms with Gasteiger partial charge in [-0.15, -0.1) is 0 Å². The quantitative estimate of drug-likeness (QED) is 0.865. The number of anilines is 1. The summed E-state index contributed by atoms with van der Waals surface area (Å²) in [5.74, 6) is 0.859. The molecule has 102 valence electrons. The normalized spacial score (nSPS) is 18.0. The minimum absolute atomic E-state index is 0.236. The van der Waals surface area contributed by atoms with E-state index in [0.29, 0.717) is 0 Å². The standard InChI is InChI=1S/C13H20N6/c1-19-12-10(6-18-19)11(16-9-17-12)15-8-13(7-14)4-2-3-5-13/h6,9H,2-5,7-8,14H2,1H3,(H,15,16,17). The van der Waals surface area contributed by atoms with E-state index >= 15 is 0 Å². The van der Waals surface area contributed by atoms with Crippen molar-refractivity contribution in [2.75, 3.05) is 18.4 Å². The van der Waals surface area contributed by atoms with Gasteiger partial charge in [0.2, 0.25) is 0 Å². The SMILES string of the molecule is Cn1ncc2c(NCC3(CN)CCCC3)ncnc21. The first-order valence-electron chi connectivity index (χ1n) is 6.81. The van der Waals surface area contributed by atoms with Crippen molar-refractivity contribution in [2.24, 2.45) is 18.2 Å². The number of hydrogen-bond acceptors (Lipinski definition) is 5. The van der Waals surface area contributed by atoms with Crippen LogP contribution in [0.15, 0.2) is 12.5 Å². The van der Waals surface area contributed by atoms with E-state index in [1.54, 1.807) is 17.2 Å². The van der Waals surface area contributed by atoms with Crippen molar-refractivity contribution in [2.45, 2.75) is 25.7 Å². The molecule has 3 rings (SSSR count). The highest BCUT2D eigenvalue weighted by molar-refractivity contribution is 5.85. The van der Waals surface area contributed by atoms with Gasteiger partial charge in [-0.2, -0.15) is 5.10 Å². The van der Waals surface area contributed by atoms with Gasteiger partial charge >= 0.3 is 0 Å². The van der Waals surface area contributed by atoms with Gasteiger partial charge in [0.05, 0.1) is 11.6 Å². The second kappa shape index (κ2) is 4.77. The van der Waals surface area contributed by atoms with Crippen LogP contribution in [0.1, 0.15) is 25.7 Å². The van der Waals surface area contributed by atoms with Crippen molar-refractivity contribution >= 4 is 16.9 Å². The molecule has 0 atom stereocenters. The molecule has 3 N–H and O–H groups in total. The summed E-state index contributed by atoms with van der Waals surface area (Å²) >= 11 is 0. The molecule has 0 spiro atoms. The predicted octanol–water partition coefficient (Wildman–Crippen LogP) is 1.29. The Bertz CT molecular complexity index is 570. The second-order valence-corrected chi connectivity index (χ2v) is 5.49. The molecule has 19 heavy (non-hydrogen) atoms. The highest BCUT2D eigenvalue weighted by Gasteiger charge is 2.32. The van der Waals surface area contributed by atoms with Gasteiger partial charge in [0, 0.05) is 13.6 Å². The molecule has 0 amide bonds. The third-order valence-electron chi connectivity index (χ3n) is 4.26. The molecule has 0 saturated heterocycles. The molecule has 1 fully saturated rings. The van der Waals surface area contributed by atoms with E-state index in [1.165, 1.54) is 25.7 Å². The van der Waals surface area contributed by atoms with Crippen LogP contribution in [0.25, 0.3) is 11.0 Å². The lowest BCUT2D eigenvalue weighted by Crippen LogP contribution is -2.34. The highest BCUT2D eigenvalue weighted by atomic mass is 15.3. The summed E-state index contributed by atoms with van der Waals surface area (Å²) in [4.78, 5) is 8.57. The predicted molar refractivity (Wildman–Crippen MR) is 74.7 cm³/mol. The molecular formula is C13H20N6. The van der Waals surface area contributed by atoms with Crippen molar-refractivity contribution in [3.8, 4) is 0 Å². The van der Waals surface area contributed by atoms with Crippen LogP contribution in [0.3, 0.4) is 0 Å². The third-order valence-corrected chi connectivity index (χ3v) is 4.26. The molecule has 0 radical (unpaired) electrons. The smallest absolute Gasteiger partial charge is 0.163 e. The van der Waals surface area contributed by atoms with E-state index in [0.717, 1.165) is 29.9 Å². The van der Waals surface area contributed by atoms with Gasteiger partial charge in [0.1, 0.15) is 12.1 Å². The molecule has 0 aromatic carbocycles. The molecule has 2 heterocycles. The van der Waals surface area contributed by atoms with E-state index in [-0.39, 0.29) is 5.41 Å². The minimum atomic E-state index is 0.236. The van der Waals surface area contributed by atoms with Crippen LogP contribution in [0.5, 0.6) is 0 Å². The number of rotatable bonds is 4. The number of hydrogen-bond donors (Lipinski definition) is 2. The molecule has 2 aromatic heterocycles. The topological polar surface area (TPSA) is 81.7 Å². The monoisotopic (exact) mass is 260 g/mol. The largest absolute Gasteiger partial charge is 0.369 e. The highest BCUT2D eigenvalue weighted by Crippen LogP contribution is 2.37. The fraction of sp³-hybridized carbons (Fsp3) is 0.615. The maximum atomic E-state index is 5.96. The lowest BCUT2D eigenvalue weighted by molar-refractivity contribution is 0.332. The minimum Gasteiger partial charge on any atom is -0.369 e. The molecule has 1 aliphatic rings. The van der Waals surface area contributed by atoms with Gasteiger partial charge < -0.3 is 11.1 Å². The Balaban J connectivity index is 1.82. The van der Waals surface area contributed by atoms with Crippen molar-refractivity contribution in [1.29, 1.82) is 0 Å². The molecule has 0 bridgehead atoms. The first kappa shape index (κ1) is 12.3. The summed E-state index contributed by atoms with van der Waals surface area (Å²) in [6, 6.07) is 0. The Morgan fingerprint density at radius 3 is 2.89 bits per heavy atom. The number of aromatic nitrogens is 4. The Morgan fingerprint density at radius 2 is 2.16 bits per heavy atom. The lowest BCUT2D eigenvalue weighted by atomic mass is 9.86. The fourth-order valence-electron chi connectivity index (χ4n) is 2.95. The summed E-state index contributed by atoms with van der Waals surface area (Å²) in [6.45, 7) is 1.62. The molecule has 1 aliphatic carbocycles. The summed E-state index contributed by atoms with van der Waals surface area (Å²) in [5, 5.41) is 8.64. The Labute approximate surface area is 112 Å². The molecule has 1 saturated carbocycles. The van der Waals surface area contributed by atoms with Gasteiger partial charge in [-0.3, -0.25) is 4.68 Å². The average molecular weight is 260 g/mol. The van der Waals surface area contributed by atoms with Gasteiger partial charge in [0.25, 0.3) is 0 Å². The zero-order valence-corrected chi connectivity index (χ0v) is 11.3. The van der Waals surface area contributed by atoms with Crippen molar-refractivity contribution < 1.29 is 0 Å². The Kier molecular flexibility index (Phi) is 3.10. The van der Waals surface area contributed by atoms with Crippen LogP contribution in [0.4, 0.5) is 5.82 Å². The average Bonchev–Trinajstić information content (AvgIpc) is 3.05. The van der Waals surface area contributed by atoms with E-state index in [9.17, 15) is 0 Å². The third kappa shape index (κ3) is 2.16. The van der Waals surface area contributed by atoms with E-state index in [1.807, 2.05) is 7.05 Å². The molecular weight excluding hydrogens is 240 g/mol. The van der Waals surface area contributed by atoms with Gasteiger partial charge in [0.15, 0.2) is 5.65 Å². The van der Waals surface area contributed by atoms with Crippen molar-refractivity contribution in [3.63, 3.8) is 0 Å². The van der Waals surface area contributed by atoms with Crippen LogP contribution in [-0.2, 0) is 7.05 Å². The maximum absolute atomic E-state index is 5.96. The lowest BCUT2D eigenvalue weighted by Gasteiger charge is -2.27. The molecule has 6 nitrogen and oxygen atoms in total. The van der Waals surface area contributed by atoms with Gasteiger partial charge in [-0.25, -0.2) is 9.97 Å². The zero-order valence-electron chi connectivity index (χ0n) is 11.3. The van der Waals surface area contributed by atoms with E-state index in [2.05, 4.69) is 20.4 Å². The molecule has 0 aliphatic heterocycles. The number of nitrogens with zero attached hydrogens (tertiary/aromatic N) is 4. The molecule has 0 unspecified atom stereocenters. The van der Waals surface area contributed by atoms with Crippen molar-refractivity contribution in [3.05, 3.63) is 12.5 Å². The van der Waals surface area contributed by atoms with E-state index in [4.69, 9.17) is 5.73 Å². The fourth-order valence-corrected chi connectivity index (χ4v) is 2.95. The first-order valence-corrected chi connectivity index (χ1v) is 6.81. The summed E-state index contributed by atoms with van der Waals surface area (Å²) in [5.41, 5.74) is 7.05. The Hall–Kier alpha value is -1.69. The van der Waals surface area contributed by atoms with Crippen LogP contribution in [0, 0.1) is 5.41 Å². The number of aryl methyl sites for hydroxylation is 1. The number of nitrogens with one attached hydrogen (secondary N) is 1. The van der Waals surface area contributed by atoms with Gasteiger partial charge in [-0.1, -0.05) is 12.8 Å². The first-order chi connectivity index (χ1) is 9.24. The van der Waals surface area contributed by atoms with Crippen LogP contribution in [0.2, 0.25) is 0 Å². The zero-order chi connectivity index (χ0) is 13.3. The molecule has 6 heteroatoms. The number of nitrogens with two attached hydrogens (primary N) is 1. The second-order valence-electron chi connectivity index (χ2n) is 5.49. The summed E-state index contributed by atoms with van der Waals surface area (Å²) in [7, 11) is 1.89. The maximum Gasteiger partial charge on any atom is 0.163 e. The van der Waals surface area contributed by atoms with Crippen molar-refractivity contribution in [1.82, 2.24) is 19.7 Å². The summed E-state index contributed by atoms with van der Waals surface area (Å²) < 4.78 is 1.76. The van der Waals surface area contributed by atoms with Crippen LogP contribution < -0.4 is 11.1 Å². The van der Waals surface area contributed by atoms with Crippen LogP contribution in [-0.4, -0.2) is 32.8 Å². The van der Waals surface area contributed by atoms with Gasteiger partial charge in [-0.05, 0) is 24.8 Å². The molecule has 2 aromatic rings. The van der Waals surface area contributed by atoms with E-state index < -0.39 is 0 Å². The number of fused-ring (bicyclic) bond motifs is 1. The summed E-state index contributed by atoms with van der Waals surface area (Å²) in [6.07, 6.45) is 8.36.